The Kier molecular flexibility index (Phi) is 5.11. The van der Waals surface area contributed by atoms with Gasteiger partial charge in [0.25, 0.3) is 0 Å². The molecule has 0 aliphatic heterocycles. The van der Waals surface area contributed by atoms with Gasteiger partial charge in [0, 0.05) is 21.4 Å². The maximum atomic E-state index is 5.44. The number of rotatable bonds is 5. The first kappa shape index (κ1) is 15.0. The maximum Gasteiger partial charge on any atom is 0.165 e. The Balaban J connectivity index is 2.18. The Morgan fingerprint density at radius 3 is 2.55 bits per heavy atom. The number of ether oxygens (including phenoxy) is 2. The Hall–Kier alpha value is -1.43. The molecule has 0 unspecified atom stereocenters. The highest BCUT2D eigenvalue weighted by Crippen LogP contribution is 2.31. The van der Waals surface area contributed by atoms with E-state index in [4.69, 9.17) is 9.47 Å². The first-order valence-electron chi connectivity index (χ1n) is 6.35. The van der Waals surface area contributed by atoms with Crippen LogP contribution in [0.1, 0.15) is 11.1 Å². The van der Waals surface area contributed by atoms with Crippen LogP contribution < -0.4 is 14.8 Å². The standard InChI is InChI=1S/C16H18INO2/c1-11-9-13(17)7-8-14(11)18-10-12-5-4-6-15(19-2)16(12)20-3/h4-9,18H,10H2,1-3H3. The van der Waals surface area contributed by atoms with Crippen molar-refractivity contribution in [2.24, 2.45) is 0 Å². The van der Waals surface area contributed by atoms with Gasteiger partial charge in [0.1, 0.15) is 0 Å². The van der Waals surface area contributed by atoms with Crippen molar-refractivity contribution in [1.82, 2.24) is 0 Å². The lowest BCUT2D eigenvalue weighted by atomic mass is 10.1. The van der Waals surface area contributed by atoms with E-state index in [1.54, 1.807) is 14.2 Å². The fraction of sp³-hybridized carbons (Fsp3) is 0.250. The number of para-hydroxylation sites is 1. The molecule has 20 heavy (non-hydrogen) atoms. The molecule has 3 nitrogen and oxygen atoms in total. The summed E-state index contributed by atoms with van der Waals surface area (Å²) in [4.78, 5) is 0. The zero-order valence-electron chi connectivity index (χ0n) is 11.9. The summed E-state index contributed by atoms with van der Waals surface area (Å²) in [6.07, 6.45) is 0. The van der Waals surface area contributed by atoms with E-state index in [9.17, 15) is 0 Å². The van der Waals surface area contributed by atoms with Crippen LogP contribution in [-0.2, 0) is 6.54 Å². The van der Waals surface area contributed by atoms with E-state index in [0.717, 1.165) is 22.7 Å². The molecule has 0 saturated heterocycles. The second-order valence-electron chi connectivity index (χ2n) is 4.47. The number of nitrogens with one attached hydrogen (secondary N) is 1. The van der Waals surface area contributed by atoms with Gasteiger partial charge in [0.05, 0.1) is 14.2 Å². The molecule has 0 aliphatic carbocycles. The molecular weight excluding hydrogens is 365 g/mol. The van der Waals surface area contributed by atoms with Crippen molar-refractivity contribution in [3.63, 3.8) is 0 Å². The van der Waals surface area contributed by atoms with Gasteiger partial charge >= 0.3 is 0 Å². The minimum atomic E-state index is 0.696. The van der Waals surface area contributed by atoms with Crippen LogP contribution in [0.5, 0.6) is 11.5 Å². The van der Waals surface area contributed by atoms with Gasteiger partial charge in [-0.2, -0.15) is 0 Å². The third kappa shape index (κ3) is 3.36. The predicted molar refractivity (Wildman–Crippen MR) is 90.8 cm³/mol. The molecule has 0 aromatic heterocycles. The lowest BCUT2D eigenvalue weighted by molar-refractivity contribution is 0.352. The number of benzene rings is 2. The molecule has 0 heterocycles. The Bertz CT molecular complexity index is 599. The van der Waals surface area contributed by atoms with Crippen LogP contribution in [0.15, 0.2) is 36.4 Å². The molecule has 0 saturated carbocycles. The summed E-state index contributed by atoms with van der Waals surface area (Å²) in [6, 6.07) is 12.3. The molecule has 2 rings (SSSR count). The minimum absolute atomic E-state index is 0.696. The van der Waals surface area contributed by atoms with Crippen molar-refractivity contribution in [2.45, 2.75) is 13.5 Å². The van der Waals surface area contributed by atoms with E-state index in [1.807, 2.05) is 18.2 Å². The van der Waals surface area contributed by atoms with E-state index >= 15 is 0 Å². The highest BCUT2D eigenvalue weighted by atomic mass is 127. The van der Waals surface area contributed by atoms with E-state index in [-0.39, 0.29) is 0 Å². The third-order valence-corrected chi connectivity index (χ3v) is 3.81. The summed E-state index contributed by atoms with van der Waals surface area (Å²) in [5.74, 6) is 1.54. The normalized spacial score (nSPS) is 10.2. The molecule has 106 valence electrons. The smallest absolute Gasteiger partial charge is 0.165 e. The van der Waals surface area contributed by atoms with Gasteiger partial charge < -0.3 is 14.8 Å². The quantitative estimate of drug-likeness (QED) is 0.784. The lowest BCUT2D eigenvalue weighted by Crippen LogP contribution is -2.04. The molecule has 0 atom stereocenters. The first-order valence-corrected chi connectivity index (χ1v) is 7.43. The highest BCUT2D eigenvalue weighted by Gasteiger charge is 2.09. The van der Waals surface area contributed by atoms with Gasteiger partial charge in [-0.25, -0.2) is 0 Å². The molecule has 2 aromatic rings. The lowest BCUT2D eigenvalue weighted by Gasteiger charge is -2.14. The molecular formula is C16H18INO2. The predicted octanol–water partition coefficient (Wildman–Crippen LogP) is 4.23. The van der Waals surface area contributed by atoms with Crippen molar-refractivity contribution >= 4 is 28.3 Å². The number of methoxy groups -OCH3 is 2. The van der Waals surface area contributed by atoms with Gasteiger partial charge in [-0.05, 0) is 59.3 Å². The van der Waals surface area contributed by atoms with Crippen molar-refractivity contribution in [2.75, 3.05) is 19.5 Å². The number of hydrogen-bond donors (Lipinski definition) is 1. The monoisotopic (exact) mass is 383 g/mol. The Morgan fingerprint density at radius 2 is 1.90 bits per heavy atom. The van der Waals surface area contributed by atoms with Crippen LogP contribution in [0.4, 0.5) is 5.69 Å². The maximum absolute atomic E-state index is 5.44. The topological polar surface area (TPSA) is 30.5 Å². The highest BCUT2D eigenvalue weighted by molar-refractivity contribution is 14.1. The van der Waals surface area contributed by atoms with E-state index < -0.39 is 0 Å². The molecule has 0 fully saturated rings. The van der Waals surface area contributed by atoms with Crippen LogP contribution in [0.2, 0.25) is 0 Å². The van der Waals surface area contributed by atoms with Gasteiger partial charge in [0.15, 0.2) is 11.5 Å². The van der Waals surface area contributed by atoms with Crippen LogP contribution in [-0.4, -0.2) is 14.2 Å². The van der Waals surface area contributed by atoms with E-state index in [2.05, 4.69) is 53.0 Å². The molecule has 0 aliphatic rings. The fourth-order valence-electron chi connectivity index (χ4n) is 2.11. The Morgan fingerprint density at radius 1 is 1.10 bits per heavy atom. The number of halogens is 1. The van der Waals surface area contributed by atoms with Crippen molar-refractivity contribution in [1.29, 1.82) is 0 Å². The van der Waals surface area contributed by atoms with Crippen molar-refractivity contribution < 1.29 is 9.47 Å². The molecule has 0 amide bonds. The fourth-order valence-corrected chi connectivity index (χ4v) is 2.76. The van der Waals surface area contributed by atoms with Crippen LogP contribution in [0.25, 0.3) is 0 Å². The average molecular weight is 383 g/mol. The second kappa shape index (κ2) is 6.83. The molecule has 0 bridgehead atoms. The zero-order chi connectivity index (χ0) is 14.5. The summed E-state index contributed by atoms with van der Waals surface area (Å²) < 4.78 is 12.0. The van der Waals surface area contributed by atoms with Gasteiger partial charge in [-0.1, -0.05) is 12.1 Å². The number of anilines is 1. The van der Waals surface area contributed by atoms with Crippen LogP contribution in [0.3, 0.4) is 0 Å². The third-order valence-electron chi connectivity index (χ3n) is 3.14. The molecule has 4 heteroatoms. The molecule has 0 radical (unpaired) electrons. The summed E-state index contributed by atoms with van der Waals surface area (Å²) in [5, 5.41) is 3.44. The first-order chi connectivity index (χ1) is 9.65. The zero-order valence-corrected chi connectivity index (χ0v) is 14.0. The van der Waals surface area contributed by atoms with E-state index in [0.29, 0.717) is 6.54 Å². The van der Waals surface area contributed by atoms with Crippen molar-refractivity contribution in [3.05, 3.63) is 51.1 Å². The van der Waals surface area contributed by atoms with Gasteiger partial charge in [-0.15, -0.1) is 0 Å². The minimum Gasteiger partial charge on any atom is -0.493 e. The van der Waals surface area contributed by atoms with Gasteiger partial charge in [-0.3, -0.25) is 0 Å². The van der Waals surface area contributed by atoms with E-state index in [1.165, 1.54) is 9.13 Å². The largest absolute Gasteiger partial charge is 0.493 e. The van der Waals surface area contributed by atoms with Crippen LogP contribution in [0, 0.1) is 10.5 Å². The summed E-state index contributed by atoms with van der Waals surface area (Å²) in [7, 11) is 3.32. The summed E-state index contributed by atoms with van der Waals surface area (Å²) >= 11 is 2.32. The molecule has 1 N–H and O–H groups in total. The summed E-state index contributed by atoms with van der Waals surface area (Å²) in [6.45, 7) is 2.80. The molecule has 0 spiro atoms. The van der Waals surface area contributed by atoms with Gasteiger partial charge in [0.2, 0.25) is 0 Å². The summed E-state index contributed by atoms with van der Waals surface area (Å²) in [5.41, 5.74) is 3.44. The Labute approximate surface area is 133 Å². The van der Waals surface area contributed by atoms with Crippen LogP contribution >= 0.6 is 22.6 Å². The molecule has 2 aromatic carbocycles. The average Bonchev–Trinajstić information content (AvgIpc) is 2.45. The van der Waals surface area contributed by atoms with Crippen molar-refractivity contribution in [3.8, 4) is 11.5 Å². The second-order valence-corrected chi connectivity index (χ2v) is 5.71. The number of hydrogen-bond acceptors (Lipinski definition) is 3. The SMILES string of the molecule is COc1cccc(CNc2ccc(I)cc2C)c1OC. The number of aryl methyl sites for hydroxylation is 1.